The maximum absolute atomic E-state index is 13.1. The van der Waals surface area contributed by atoms with Gasteiger partial charge in [-0.2, -0.15) is 53.3 Å². The lowest BCUT2D eigenvalue weighted by Gasteiger charge is -2.43. The molecule has 380 valence electrons. The van der Waals surface area contributed by atoms with E-state index >= 15 is 0 Å². The van der Waals surface area contributed by atoms with Gasteiger partial charge >= 0.3 is 23.9 Å². The van der Waals surface area contributed by atoms with Gasteiger partial charge in [0.15, 0.2) is 0 Å². The van der Waals surface area contributed by atoms with Crippen molar-refractivity contribution in [3.05, 3.63) is 154 Å². The van der Waals surface area contributed by atoms with Crippen LogP contribution in [0.3, 0.4) is 0 Å². The molecule has 0 fully saturated rings. The number of benzene rings is 4. The van der Waals surface area contributed by atoms with E-state index in [-0.39, 0.29) is 62.3 Å². The molecule has 2 atom stereocenters. The van der Waals surface area contributed by atoms with E-state index in [9.17, 15) is 45.5 Å². The fourth-order valence-electron chi connectivity index (χ4n) is 6.37. The summed E-state index contributed by atoms with van der Waals surface area (Å²) >= 11 is 29.2. The van der Waals surface area contributed by atoms with Crippen LogP contribution in [-0.4, -0.2) is 91.7 Å². The maximum atomic E-state index is 13.1. The molecule has 69 heavy (non-hydrogen) atoms. The Balaban J connectivity index is 0.00000112. The Labute approximate surface area is 436 Å². The molecule has 0 saturated carbocycles. The summed E-state index contributed by atoms with van der Waals surface area (Å²) < 4.78 is 85.7. The van der Waals surface area contributed by atoms with Crippen LogP contribution in [0.1, 0.15) is 36.8 Å². The number of likely N-dealkylation sites (N-methyl/N-ethyl adjacent to an activating group) is 4. The number of ether oxygens (including phenoxy) is 2. The Bertz CT molecular complexity index is 2310. The fraction of sp³-hybridized carbons (Fsp3) is 0.304. The molecule has 3 amide bonds. The van der Waals surface area contributed by atoms with Gasteiger partial charge in [-0.05, 0) is 79.5 Å². The van der Waals surface area contributed by atoms with Gasteiger partial charge in [0.1, 0.15) is 24.3 Å². The molecule has 0 aliphatic carbocycles. The third-order valence-electron chi connectivity index (χ3n) is 9.75. The fourth-order valence-corrected chi connectivity index (χ4v) is 7.06. The first-order chi connectivity index (χ1) is 31.2. The molecule has 0 aliphatic heterocycles. The van der Waals surface area contributed by atoms with Crippen LogP contribution >= 0.6 is 85.0 Å². The molecule has 0 bridgehead atoms. The quantitative estimate of drug-likeness (QED) is 0.0676. The molecule has 0 radical (unpaired) electrons. The van der Waals surface area contributed by atoms with Crippen molar-refractivity contribution in [1.29, 1.82) is 0 Å². The van der Waals surface area contributed by atoms with Crippen molar-refractivity contribution in [2.45, 2.75) is 49.1 Å². The summed E-state index contributed by atoms with van der Waals surface area (Å²) in [5.74, 6) is -1.42. The van der Waals surface area contributed by atoms with Gasteiger partial charge in [0.25, 0.3) is 0 Å². The average molecular weight is 1110 g/mol. The van der Waals surface area contributed by atoms with Crippen molar-refractivity contribution in [2.75, 3.05) is 41.3 Å². The topological polar surface area (TPSA) is 108 Å². The highest BCUT2D eigenvalue weighted by Crippen LogP contribution is 2.38. The van der Waals surface area contributed by atoms with Crippen LogP contribution in [0.4, 0.5) is 35.9 Å². The minimum Gasteiger partial charge on any atom is -0.415 e. The lowest BCUT2D eigenvalue weighted by molar-refractivity contribution is -0.163. The molecule has 4 aromatic carbocycles. The van der Waals surface area contributed by atoms with E-state index in [1.807, 2.05) is 6.07 Å². The SMILES string of the molecule is C=CC[C@@](CN(C)C(=O)CC(F)(F)F)(c1ccc(Cl)c(Cl)c1)N(C)C(=O)Oc1ccccc1.C=CC[C@](CN(C)C(=O)CC(F)(F)F)(NC)c1ccc(Cl)c(Cl)c1.O=C(Cl)Oc1ccccc1.S.S. The van der Waals surface area contributed by atoms with Gasteiger partial charge in [-0.3, -0.25) is 14.5 Å². The van der Waals surface area contributed by atoms with Crippen molar-refractivity contribution in [3.8, 4) is 11.5 Å². The molecule has 4 rings (SSSR count). The van der Waals surface area contributed by atoms with E-state index in [2.05, 4.69) is 23.2 Å². The van der Waals surface area contributed by atoms with E-state index in [4.69, 9.17) is 62.7 Å². The highest BCUT2D eigenvalue weighted by Gasteiger charge is 2.43. The number of rotatable bonds is 16. The summed E-state index contributed by atoms with van der Waals surface area (Å²) in [7, 11) is 5.66. The highest BCUT2D eigenvalue weighted by atomic mass is 35.5. The predicted octanol–water partition coefficient (Wildman–Crippen LogP) is 13.4. The average Bonchev–Trinajstić information content (AvgIpc) is 3.24. The summed E-state index contributed by atoms with van der Waals surface area (Å²) in [6, 6.07) is 26.5. The molecule has 10 nitrogen and oxygen atoms in total. The summed E-state index contributed by atoms with van der Waals surface area (Å²) in [6.07, 6.45) is -9.56. The van der Waals surface area contributed by atoms with Crippen molar-refractivity contribution in [2.24, 2.45) is 0 Å². The maximum Gasteiger partial charge on any atom is 0.415 e. The zero-order valence-electron chi connectivity index (χ0n) is 37.5. The summed E-state index contributed by atoms with van der Waals surface area (Å²) in [6.45, 7) is 7.15. The third-order valence-corrected chi connectivity index (χ3v) is 11.3. The lowest BCUT2D eigenvalue weighted by Crippen LogP contribution is -2.55. The highest BCUT2D eigenvalue weighted by molar-refractivity contribution is 7.59. The molecular weight excluding hydrogens is 1060 g/mol. The second-order valence-corrected chi connectivity index (χ2v) is 16.5. The number of nitrogens with one attached hydrogen (secondary N) is 1. The molecule has 1 N–H and O–H groups in total. The normalized spacial score (nSPS) is 12.4. The number of alkyl halides is 6. The Kier molecular flexibility index (Phi) is 28.0. The molecule has 23 heteroatoms. The smallest absolute Gasteiger partial charge is 0.415 e. The van der Waals surface area contributed by atoms with Crippen LogP contribution in [0.15, 0.2) is 122 Å². The second-order valence-electron chi connectivity index (χ2n) is 14.6. The molecule has 0 heterocycles. The zero-order valence-corrected chi connectivity index (χ0v) is 43.3. The Morgan fingerprint density at radius 2 is 1.01 bits per heavy atom. The summed E-state index contributed by atoms with van der Waals surface area (Å²) in [5, 5.41) is 4.20. The van der Waals surface area contributed by atoms with Gasteiger partial charge in [0.05, 0.1) is 31.2 Å². The van der Waals surface area contributed by atoms with Crippen molar-refractivity contribution < 1.29 is 55.0 Å². The van der Waals surface area contributed by atoms with Gasteiger partial charge in [0, 0.05) is 45.8 Å². The third kappa shape index (κ3) is 21.3. The minimum absolute atomic E-state index is 0. The lowest BCUT2D eigenvalue weighted by atomic mass is 9.84. The van der Waals surface area contributed by atoms with E-state index in [1.54, 1.807) is 92.0 Å². The Morgan fingerprint density at radius 3 is 1.41 bits per heavy atom. The first-order valence-corrected chi connectivity index (χ1v) is 21.5. The van der Waals surface area contributed by atoms with Gasteiger partial charge in [0.2, 0.25) is 11.8 Å². The number of hydrogen-bond donors (Lipinski definition) is 1. The van der Waals surface area contributed by atoms with Gasteiger partial charge in [-0.15, -0.1) is 13.2 Å². The van der Waals surface area contributed by atoms with Crippen LogP contribution < -0.4 is 14.8 Å². The Morgan fingerprint density at radius 1 is 0.609 bits per heavy atom. The van der Waals surface area contributed by atoms with E-state index < -0.39 is 59.6 Å². The van der Waals surface area contributed by atoms with Crippen LogP contribution in [-0.2, 0) is 20.7 Å². The number of carbonyl (C=O) groups excluding carboxylic acids is 4. The molecule has 0 unspecified atom stereocenters. The van der Waals surface area contributed by atoms with E-state index in [1.165, 1.54) is 44.3 Å². The largest absolute Gasteiger partial charge is 0.415 e. The number of amides is 3. The first kappa shape index (κ1) is 64.7. The molecule has 4 aromatic rings. The van der Waals surface area contributed by atoms with Crippen molar-refractivity contribution in [1.82, 2.24) is 20.0 Å². The molecule has 0 aliphatic rings. The molecule has 0 saturated heterocycles. The van der Waals surface area contributed by atoms with Crippen LogP contribution in [0, 0.1) is 0 Å². The zero-order chi connectivity index (χ0) is 50.8. The number of para-hydroxylation sites is 2. The predicted molar refractivity (Wildman–Crippen MR) is 271 cm³/mol. The van der Waals surface area contributed by atoms with E-state index in [0.717, 1.165) is 9.80 Å². The molecular formula is C46H51Cl5F6N4O6S2. The van der Waals surface area contributed by atoms with Gasteiger partial charge in [-0.25, -0.2) is 9.59 Å². The number of nitrogens with zero attached hydrogens (tertiary/aromatic N) is 3. The summed E-state index contributed by atoms with van der Waals surface area (Å²) in [4.78, 5) is 50.5. The minimum atomic E-state index is -4.67. The monoisotopic (exact) mass is 1110 g/mol. The molecule has 0 aromatic heterocycles. The summed E-state index contributed by atoms with van der Waals surface area (Å²) in [5.41, 5.74) is -1.85. The van der Waals surface area contributed by atoms with Crippen LogP contribution in [0.5, 0.6) is 11.5 Å². The first-order valence-electron chi connectivity index (χ1n) is 19.6. The number of halogens is 11. The molecule has 0 spiro atoms. The Hall–Kier alpha value is -4.27. The number of hydrogen-bond acceptors (Lipinski definition) is 7. The van der Waals surface area contributed by atoms with Crippen LogP contribution in [0.2, 0.25) is 20.1 Å². The second kappa shape index (κ2) is 29.8. The van der Waals surface area contributed by atoms with Crippen LogP contribution in [0.25, 0.3) is 0 Å². The van der Waals surface area contributed by atoms with Crippen molar-refractivity contribution in [3.63, 3.8) is 0 Å². The van der Waals surface area contributed by atoms with E-state index in [0.29, 0.717) is 33.3 Å². The van der Waals surface area contributed by atoms with Gasteiger partial charge in [-0.1, -0.05) is 107 Å². The number of carbonyl (C=O) groups is 4. The standard InChI is InChI=1S/C23H23Cl2F3N2O3.C16H19Cl2F3N2O.C7H5ClO2.2H2S/c1-4-12-22(16-10-11-18(24)19(25)13-16,15-29(2)20(31)14-23(26,27)28)30(3)21(32)33-17-8-6-5-7-9-17;1-4-7-15(22-2,11-5-6-12(17)13(18)8-11)10-23(3)14(24)9-16(19,20)21;8-7(9)10-6-4-2-1-3-5-6;;/h4-11,13H,1,12,14-15H2,2-3H3;4-6,8,22H,1,7,9-10H2,2-3H3;1-5H;2*1H2/t22-;15-;;;/m11.../s1. The van der Waals surface area contributed by atoms with Crippen molar-refractivity contribution >= 4 is 108 Å². The van der Waals surface area contributed by atoms with Gasteiger partial charge < -0.3 is 24.6 Å².